The zero-order valence-electron chi connectivity index (χ0n) is 11.0. The van der Waals surface area contributed by atoms with Gasteiger partial charge in [0.05, 0.1) is 12.9 Å². The van der Waals surface area contributed by atoms with Gasteiger partial charge >= 0.3 is 5.63 Å². The van der Waals surface area contributed by atoms with E-state index in [1.165, 1.54) is 0 Å². The van der Waals surface area contributed by atoms with E-state index in [0.717, 1.165) is 21.9 Å². The van der Waals surface area contributed by atoms with E-state index in [-0.39, 0.29) is 6.61 Å². The summed E-state index contributed by atoms with van der Waals surface area (Å²) in [6, 6.07) is 1.71. The summed E-state index contributed by atoms with van der Waals surface area (Å²) in [5, 5.41) is 11.4. The highest BCUT2D eigenvalue weighted by Gasteiger charge is 2.17. The van der Waals surface area contributed by atoms with Crippen LogP contribution in [0.15, 0.2) is 26.0 Å². The molecule has 98 valence electrons. The molecule has 0 aliphatic heterocycles. The number of hydrogen-bond acceptors (Lipinski definition) is 4. The Balaban J connectivity index is 2.64. The van der Waals surface area contributed by atoms with Crippen LogP contribution in [0.5, 0.6) is 0 Å². The van der Waals surface area contributed by atoms with Gasteiger partial charge in [-0.1, -0.05) is 0 Å². The average molecular weight is 258 g/mol. The maximum atomic E-state index is 11.8. The lowest BCUT2D eigenvalue weighted by molar-refractivity contribution is 0.281. The molecule has 0 radical (unpaired) electrons. The molecule has 0 bridgehead atoms. The maximum absolute atomic E-state index is 11.8. The molecule has 0 saturated carbocycles. The van der Waals surface area contributed by atoms with Crippen LogP contribution in [0.1, 0.15) is 22.3 Å². The van der Waals surface area contributed by atoms with Crippen molar-refractivity contribution in [2.75, 3.05) is 0 Å². The second kappa shape index (κ2) is 3.96. The van der Waals surface area contributed by atoms with Crippen molar-refractivity contribution in [1.82, 2.24) is 0 Å². The van der Waals surface area contributed by atoms with Gasteiger partial charge < -0.3 is 13.9 Å². The summed E-state index contributed by atoms with van der Waals surface area (Å²) in [7, 11) is 0. The van der Waals surface area contributed by atoms with E-state index in [9.17, 15) is 9.90 Å². The van der Waals surface area contributed by atoms with Crippen molar-refractivity contribution >= 4 is 21.9 Å². The Morgan fingerprint density at radius 2 is 1.84 bits per heavy atom. The van der Waals surface area contributed by atoms with E-state index in [1.807, 2.05) is 13.8 Å². The molecule has 1 N–H and O–H groups in total. The summed E-state index contributed by atoms with van der Waals surface area (Å²) in [6.45, 7) is 5.40. The van der Waals surface area contributed by atoms with Crippen LogP contribution in [-0.2, 0) is 6.61 Å². The number of aryl methyl sites for hydroxylation is 2. The normalized spacial score (nSPS) is 11.6. The van der Waals surface area contributed by atoms with Gasteiger partial charge in [0.15, 0.2) is 0 Å². The molecule has 0 amide bonds. The molecule has 0 spiro atoms. The summed E-state index contributed by atoms with van der Waals surface area (Å²) in [5.41, 5.74) is 3.82. The van der Waals surface area contributed by atoms with Gasteiger partial charge in [-0.25, -0.2) is 4.79 Å². The van der Waals surface area contributed by atoms with E-state index in [1.54, 1.807) is 19.3 Å². The lowest BCUT2D eigenvalue weighted by Gasteiger charge is -2.09. The van der Waals surface area contributed by atoms with Crippen LogP contribution in [0.4, 0.5) is 0 Å². The van der Waals surface area contributed by atoms with Crippen LogP contribution in [0, 0.1) is 20.8 Å². The van der Waals surface area contributed by atoms with Gasteiger partial charge in [-0.2, -0.15) is 0 Å². The van der Waals surface area contributed by atoms with Gasteiger partial charge in [0.2, 0.25) is 0 Å². The van der Waals surface area contributed by atoms with Gasteiger partial charge in [-0.05, 0) is 37.5 Å². The fourth-order valence-corrected chi connectivity index (χ4v) is 2.69. The summed E-state index contributed by atoms with van der Waals surface area (Å²) in [6.07, 6.45) is 1.68. The van der Waals surface area contributed by atoms with Crippen molar-refractivity contribution in [3.8, 4) is 0 Å². The Morgan fingerprint density at radius 1 is 1.11 bits per heavy atom. The Hall–Kier alpha value is -2.07. The van der Waals surface area contributed by atoms with Gasteiger partial charge in [-0.15, -0.1) is 0 Å². The SMILES string of the molecule is Cc1c(CO)c2c(C)c3c(C)coc3cc2oc1=O. The first-order chi connectivity index (χ1) is 9.04. The van der Waals surface area contributed by atoms with Crippen LogP contribution in [0.25, 0.3) is 21.9 Å². The van der Waals surface area contributed by atoms with Crippen LogP contribution < -0.4 is 5.63 Å². The lowest BCUT2D eigenvalue weighted by Crippen LogP contribution is -2.08. The highest BCUT2D eigenvalue weighted by atomic mass is 16.4. The van der Waals surface area contributed by atoms with Crippen molar-refractivity contribution in [1.29, 1.82) is 0 Å². The molecule has 1 aromatic carbocycles. The molecule has 0 atom stereocenters. The molecule has 0 saturated heterocycles. The number of hydrogen-bond donors (Lipinski definition) is 1. The number of rotatable bonds is 1. The number of furan rings is 1. The molecule has 0 unspecified atom stereocenters. The first-order valence-corrected chi connectivity index (χ1v) is 6.09. The molecule has 3 rings (SSSR count). The topological polar surface area (TPSA) is 63.6 Å². The van der Waals surface area contributed by atoms with Crippen molar-refractivity contribution in [3.63, 3.8) is 0 Å². The van der Waals surface area contributed by atoms with Crippen molar-refractivity contribution < 1.29 is 13.9 Å². The van der Waals surface area contributed by atoms with Crippen molar-refractivity contribution in [2.24, 2.45) is 0 Å². The zero-order chi connectivity index (χ0) is 13.7. The second-order valence-corrected chi connectivity index (χ2v) is 4.82. The predicted octanol–water partition coefficient (Wildman–Crippen LogP) is 2.96. The molecular weight excluding hydrogens is 244 g/mol. The van der Waals surface area contributed by atoms with E-state index in [0.29, 0.717) is 22.3 Å². The summed E-state index contributed by atoms with van der Waals surface area (Å²) >= 11 is 0. The molecular formula is C15H14O4. The van der Waals surface area contributed by atoms with Gasteiger partial charge in [0.1, 0.15) is 11.2 Å². The largest absolute Gasteiger partial charge is 0.464 e. The van der Waals surface area contributed by atoms with Crippen LogP contribution in [-0.4, -0.2) is 5.11 Å². The molecule has 2 heterocycles. The first-order valence-electron chi connectivity index (χ1n) is 6.09. The fraction of sp³-hybridized carbons (Fsp3) is 0.267. The predicted molar refractivity (Wildman–Crippen MR) is 72.4 cm³/mol. The first kappa shape index (κ1) is 12.0. The minimum Gasteiger partial charge on any atom is -0.464 e. The molecule has 0 aliphatic carbocycles. The number of benzene rings is 1. The third-order valence-corrected chi connectivity index (χ3v) is 3.68. The van der Waals surface area contributed by atoms with E-state index >= 15 is 0 Å². The monoisotopic (exact) mass is 258 g/mol. The Labute approximate surface area is 109 Å². The third-order valence-electron chi connectivity index (χ3n) is 3.68. The summed E-state index contributed by atoms with van der Waals surface area (Å²) in [5.74, 6) is 0. The zero-order valence-corrected chi connectivity index (χ0v) is 11.0. The quantitative estimate of drug-likeness (QED) is 0.681. The smallest absolute Gasteiger partial charge is 0.339 e. The standard InChI is InChI=1S/C15H14O4/c1-7-6-18-11-4-12-14(9(3)13(7)11)10(5-16)8(2)15(17)19-12/h4,6,16H,5H2,1-3H3. The lowest BCUT2D eigenvalue weighted by atomic mass is 9.98. The number of fused-ring (bicyclic) bond motifs is 2. The minimum atomic E-state index is -0.418. The highest BCUT2D eigenvalue weighted by Crippen LogP contribution is 2.33. The molecule has 4 nitrogen and oxygen atoms in total. The van der Waals surface area contributed by atoms with Crippen molar-refractivity contribution in [3.05, 3.63) is 45.0 Å². The van der Waals surface area contributed by atoms with Crippen LogP contribution >= 0.6 is 0 Å². The van der Waals surface area contributed by atoms with Gasteiger partial charge in [-0.3, -0.25) is 0 Å². The van der Waals surface area contributed by atoms with Gasteiger partial charge in [0, 0.05) is 22.4 Å². The Morgan fingerprint density at radius 3 is 2.53 bits per heavy atom. The third kappa shape index (κ3) is 1.53. The number of aliphatic hydroxyl groups is 1. The van der Waals surface area contributed by atoms with Crippen molar-refractivity contribution in [2.45, 2.75) is 27.4 Å². The summed E-state index contributed by atoms with van der Waals surface area (Å²) in [4.78, 5) is 11.8. The van der Waals surface area contributed by atoms with E-state index < -0.39 is 5.63 Å². The number of aliphatic hydroxyl groups excluding tert-OH is 1. The minimum absolute atomic E-state index is 0.183. The fourth-order valence-electron chi connectivity index (χ4n) is 2.69. The van der Waals surface area contributed by atoms with Crippen LogP contribution in [0.2, 0.25) is 0 Å². The molecule has 4 heteroatoms. The molecule has 0 fully saturated rings. The molecule has 19 heavy (non-hydrogen) atoms. The van der Waals surface area contributed by atoms with Crippen LogP contribution in [0.3, 0.4) is 0 Å². The molecule has 3 aromatic rings. The van der Waals surface area contributed by atoms with E-state index in [2.05, 4.69) is 0 Å². The average Bonchev–Trinajstić information content (AvgIpc) is 2.74. The maximum Gasteiger partial charge on any atom is 0.339 e. The Kier molecular flexibility index (Phi) is 2.50. The van der Waals surface area contributed by atoms with Gasteiger partial charge in [0.25, 0.3) is 0 Å². The Bertz CT molecular complexity index is 852. The molecule has 2 aromatic heterocycles. The highest BCUT2D eigenvalue weighted by molar-refractivity contribution is 6.00. The molecule has 0 aliphatic rings. The summed E-state index contributed by atoms with van der Waals surface area (Å²) < 4.78 is 10.8. The second-order valence-electron chi connectivity index (χ2n) is 4.82. The van der Waals surface area contributed by atoms with E-state index in [4.69, 9.17) is 8.83 Å².